The number of benzene rings is 1. The Bertz CT molecular complexity index is 575. The first-order valence-electron chi connectivity index (χ1n) is 8.49. The van der Waals surface area contributed by atoms with Crippen LogP contribution >= 0.6 is 0 Å². The third-order valence-electron chi connectivity index (χ3n) is 4.52. The summed E-state index contributed by atoms with van der Waals surface area (Å²) in [5.74, 6) is -1.64. The minimum Gasteiger partial charge on any atom is -0.465 e. The molecule has 0 aromatic heterocycles. The first-order chi connectivity index (χ1) is 11.6. The van der Waals surface area contributed by atoms with Gasteiger partial charge in [0.1, 0.15) is 5.78 Å². The number of carbonyl (C=O) groups is 3. The van der Waals surface area contributed by atoms with Gasteiger partial charge in [-0.2, -0.15) is 0 Å². The standard InChI is InChI=1S/C19H24O5/c1-3-23-17(21)19(18(22)24-4-2,14-9-6-5-7-10-14)15-11-8-12-16(20)13-15/h5-7,9-10,15H,3-4,8,11-13H2,1-2H3/t15-/m1/s1. The summed E-state index contributed by atoms with van der Waals surface area (Å²) in [5.41, 5.74) is -1.05. The predicted molar refractivity (Wildman–Crippen MR) is 88.4 cm³/mol. The van der Waals surface area contributed by atoms with Crippen molar-refractivity contribution in [1.29, 1.82) is 0 Å². The second kappa shape index (κ2) is 8.08. The van der Waals surface area contributed by atoms with Crippen LogP contribution in [0.5, 0.6) is 0 Å². The van der Waals surface area contributed by atoms with E-state index in [2.05, 4.69) is 0 Å². The van der Waals surface area contributed by atoms with E-state index in [9.17, 15) is 14.4 Å². The zero-order chi connectivity index (χ0) is 17.6. The summed E-state index contributed by atoms with van der Waals surface area (Å²) < 4.78 is 10.5. The fourth-order valence-electron chi connectivity index (χ4n) is 3.47. The molecular weight excluding hydrogens is 308 g/mol. The minimum atomic E-state index is -1.58. The molecule has 2 rings (SSSR count). The number of ether oxygens (including phenoxy) is 2. The highest BCUT2D eigenvalue weighted by molar-refractivity contribution is 6.07. The van der Waals surface area contributed by atoms with E-state index in [-0.39, 0.29) is 25.4 Å². The SMILES string of the molecule is CCOC(=O)C(C(=O)OCC)(c1ccccc1)[C@@H]1CCCC(=O)C1. The molecule has 1 aromatic rings. The van der Waals surface area contributed by atoms with Crippen LogP contribution in [0.3, 0.4) is 0 Å². The molecule has 1 aliphatic rings. The molecule has 0 bridgehead atoms. The van der Waals surface area contributed by atoms with Crippen molar-refractivity contribution in [3.8, 4) is 0 Å². The van der Waals surface area contributed by atoms with Crippen LogP contribution in [0.2, 0.25) is 0 Å². The van der Waals surface area contributed by atoms with Gasteiger partial charge in [0.2, 0.25) is 0 Å². The van der Waals surface area contributed by atoms with E-state index in [4.69, 9.17) is 9.47 Å². The molecular formula is C19H24O5. The minimum absolute atomic E-state index is 0.0696. The van der Waals surface area contributed by atoms with Gasteiger partial charge in [0.05, 0.1) is 13.2 Å². The van der Waals surface area contributed by atoms with Crippen molar-refractivity contribution in [2.24, 2.45) is 5.92 Å². The van der Waals surface area contributed by atoms with Gasteiger partial charge in [-0.25, -0.2) is 0 Å². The summed E-state index contributed by atoms with van der Waals surface area (Å²) in [7, 11) is 0. The number of esters is 2. The van der Waals surface area contributed by atoms with E-state index in [1.165, 1.54) is 0 Å². The van der Waals surface area contributed by atoms with Gasteiger partial charge in [0.15, 0.2) is 5.41 Å². The maximum absolute atomic E-state index is 13.0. The number of ketones is 1. The lowest BCUT2D eigenvalue weighted by Crippen LogP contribution is -2.53. The van der Waals surface area contributed by atoms with Crippen molar-refractivity contribution in [1.82, 2.24) is 0 Å². The Labute approximate surface area is 142 Å². The Kier molecular flexibility index (Phi) is 6.12. The largest absolute Gasteiger partial charge is 0.465 e. The van der Waals surface area contributed by atoms with E-state index in [1.807, 2.05) is 6.07 Å². The van der Waals surface area contributed by atoms with E-state index in [1.54, 1.807) is 38.1 Å². The molecule has 5 nitrogen and oxygen atoms in total. The summed E-state index contributed by atoms with van der Waals surface area (Å²) in [6.07, 6.45) is 1.95. The fraction of sp³-hybridized carbons (Fsp3) is 0.526. The molecule has 1 atom stereocenters. The topological polar surface area (TPSA) is 69.7 Å². The third kappa shape index (κ3) is 3.35. The predicted octanol–water partition coefficient (Wildman–Crippen LogP) is 2.81. The Hall–Kier alpha value is -2.17. The average molecular weight is 332 g/mol. The van der Waals surface area contributed by atoms with Crippen LogP contribution in [-0.4, -0.2) is 30.9 Å². The van der Waals surface area contributed by atoms with E-state index in [0.29, 0.717) is 24.8 Å². The van der Waals surface area contributed by atoms with Gasteiger partial charge in [-0.05, 0) is 38.2 Å². The highest BCUT2D eigenvalue weighted by atomic mass is 16.6. The van der Waals surface area contributed by atoms with E-state index in [0.717, 1.165) is 0 Å². The monoisotopic (exact) mass is 332 g/mol. The van der Waals surface area contributed by atoms with Crippen LogP contribution < -0.4 is 0 Å². The zero-order valence-electron chi connectivity index (χ0n) is 14.2. The molecule has 0 amide bonds. The molecule has 0 aliphatic heterocycles. The quantitative estimate of drug-likeness (QED) is 0.592. The molecule has 0 N–H and O–H groups in total. The molecule has 0 heterocycles. The number of carbonyl (C=O) groups excluding carboxylic acids is 3. The van der Waals surface area contributed by atoms with Crippen LogP contribution in [0.15, 0.2) is 30.3 Å². The van der Waals surface area contributed by atoms with E-state index >= 15 is 0 Å². The van der Waals surface area contributed by atoms with Crippen molar-refractivity contribution in [3.63, 3.8) is 0 Å². The van der Waals surface area contributed by atoms with Gasteiger partial charge in [-0.15, -0.1) is 0 Å². The molecule has 130 valence electrons. The van der Waals surface area contributed by atoms with Crippen LogP contribution in [-0.2, 0) is 29.3 Å². The molecule has 1 aliphatic carbocycles. The van der Waals surface area contributed by atoms with Crippen LogP contribution in [0.25, 0.3) is 0 Å². The number of Topliss-reactive ketones (excluding diaryl/α,β-unsaturated/α-hetero) is 1. The lowest BCUT2D eigenvalue weighted by Gasteiger charge is -2.38. The fourth-order valence-corrected chi connectivity index (χ4v) is 3.47. The van der Waals surface area contributed by atoms with Gasteiger partial charge in [0.25, 0.3) is 0 Å². The highest BCUT2D eigenvalue weighted by Gasteiger charge is 2.56. The molecule has 24 heavy (non-hydrogen) atoms. The van der Waals surface area contributed by atoms with Crippen LogP contribution in [0.4, 0.5) is 0 Å². The van der Waals surface area contributed by atoms with Crippen LogP contribution in [0.1, 0.15) is 45.1 Å². The Morgan fingerprint density at radius 2 is 1.67 bits per heavy atom. The first kappa shape index (κ1) is 18.2. The Morgan fingerprint density at radius 3 is 2.17 bits per heavy atom. The van der Waals surface area contributed by atoms with Crippen molar-refractivity contribution < 1.29 is 23.9 Å². The zero-order valence-corrected chi connectivity index (χ0v) is 14.2. The van der Waals surface area contributed by atoms with Crippen LogP contribution in [0, 0.1) is 5.92 Å². The molecule has 0 spiro atoms. The molecule has 1 saturated carbocycles. The normalized spacial score (nSPS) is 18.1. The number of hydrogen-bond acceptors (Lipinski definition) is 5. The summed E-state index contributed by atoms with van der Waals surface area (Å²) in [5, 5.41) is 0. The molecule has 5 heteroatoms. The lowest BCUT2D eigenvalue weighted by molar-refractivity contribution is -0.169. The highest BCUT2D eigenvalue weighted by Crippen LogP contribution is 2.42. The summed E-state index contributed by atoms with van der Waals surface area (Å²) in [4.78, 5) is 37.9. The molecule has 1 aromatic carbocycles. The smallest absolute Gasteiger partial charge is 0.328 e. The molecule has 0 unspecified atom stereocenters. The molecule has 0 saturated heterocycles. The maximum Gasteiger partial charge on any atom is 0.328 e. The van der Waals surface area contributed by atoms with Crippen molar-refractivity contribution in [2.75, 3.05) is 13.2 Å². The summed E-state index contributed by atoms with van der Waals surface area (Å²) in [6, 6.07) is 8.82. The van der Waals surface area contributed by atoms with E-state index < -0.39 is 23.3 Å². The third-order valence-corrected chi connectivity index (χ3v) is 4.52. The van der Waals surface area contributed by atoms with Gasteiger partial charge in [0, 0.05) is 12.8 Å². The molecule has 1 fully saturated rings. The van der Waals surface area contributed by atoms with Crippen molar-refractivity contribution in [2.45, 2.75) is 44.9 Å². The van der Waals surface area contributed by atoms with Gasteiger partial charge < -0.3 is 9.47 Å². The first-order valence-corrected chi connectivity index (χ1v) is 8.49. The van der Waals surface area contributed by atoms with Gasteiger partial charge in [-0.3, -0.25) is 14.4 Å². The second-order valence-corrected chi connectivity index (χ2v) is 5.95. The number of rotatable bonds is 6. The second-order valence-electron chi connectivity index (χ2n) is 5.95. The maximum atomic E-state index is 13.0. The lowest BCUT2D eigenvalue weighted by atomic mass is 9.64. The van der Waals surface area contributed by atoms with Gasteiger partial charge in [-0.1, -0.05) is 30.3 Å². The number of hydrogen-bond donors (Lipinski definition) is 0. The summed E-state index contributed by atoms with van der Waals surface area (Å²) in [6.45, 7) is 3.72. The Morgan fingerprint density at radius 1 is 1.08 bits per heavy atom. The molecule has 0 radical (unpaired) electrons. The van der Waals surface area contributed by atoms with Gasteiger partial charge >= 0.3 is 11.9 Å². The van der Waals surface area contributed by atoms with Crippen molar-refractivity contribution >= 4 is 17.7 Å². The average Bonchev–Trinajstić information content (AvgIpc) is 2.57. The Balaban J connectivity index is 2.60. The van der Waals surface area contributed by atoms with Crippen molar-refractivity contribution in [3.05, 3.63) is 35.9 Å². The summed E-state index contributed by atoms with van der Waals surface area (Å²) >= 11 is 0.